The summed E-state index contributed by atoms with van der Waals surface area (Å²) in [5.41, 5.74) is 0.380. The van der Waals surface area contributed by atoms with Crippen LogP contribution in [0.1, 0.15) is 31.2 Å². The average Bonchev–Trinajstić information content (AvgIpc) is 2.93. The van der Waals surface area contributed by atoms with Crippen molar-refractivity contribution in [2.75, 3.05) is 32.7 Å². The zero-order chi connectivity index (χ0) is 18.2. The van der Waals surface area contributed by atoms with E-state index >= 15 is 0 Å². The Morgan fingerprint density at radius 3 is 2.48 bits per heavy atom. The standard InChI is InChI=1S/C16H26N4O4S/c1-11-10-19(9-6-17-11)16(21)14-4-7-20(8-5-14)25(22,23)15-12(2)18-24-13(15)3/h11,14,17H,4-10H2,1-3H3. The normalized spacial score (nSPS) is 23.8. The Morgan fingerprint density at radius 1 is 1.24 bits per heavy atom. The van der Waals surface area contributed by atoms with Crippen LogP contribution in [-0.4, -0.2) is 67.5 Å². The number of aromatic nitrogens is 1. The first-order valence-corrected chi connectivity index (χ1v) is 10.2. The number of piperidine rings is 1. The molecule has 2 saturated heterocycles. The molecular weight excluding hydrogens is 344 g/mol. The molecule has 3 heterocycles. The SMILES string of the molecule is Cc1noc(C)c1S(=O)(=O)N1CCC(C(=O)N2CCNC(C)C2)CC1. The quantitative estimate of drug-likeness (QED) is 0.833. The highest BCUT2D eigenvalue weighted by molar-refractivity contribution is 7.89. The first-order valence-electron chi connectivity index (χ1n) is 8.76. The van der Waals surface area contributed by atoms with Crippen LogP contribution in [0.4, 0.5) is 0 Å². The molecule has 3 rings (SSSR count). The molecule has 0 aromatic carbocycles. The number of sulfonamides is 1. The summed E-state index contributed by atoms with van der Waals surface area (Å²) in [6.45, 7) is 8.26. The highest BCUT2D eigenvalue weighted by Gasteiger charge is 2.36. The van der Waals surface area contributed by atoms with Gasteiger partial charge in [0.05, 0.1) is 0 Å². The number of hydrogen-bond acceptors (Lipinski definition) is 6. The van der Waals surface area contributed by atoms with Crippen LogP contribution in [0.15, 0.2) is 9.42 Å². The van der Waals surface area contributed by atoms with Crippen LogP contribution in [-0.2, 0) is 14.8 Å². The molecule has 25 heavy (non-hydrogen) atoms. The average molecular weight is 370 g/mol. The lowest BCUT2D eigenvalue weighted by Crippen LogP contribution is -2.54. The van der Waals surface area contributed by atoms with E-state index in [0.29, 0.717) is 43.4 Å². The molecule has 0 bridgehead atoms. The predicted molar refractivity (Wildman–Crippen MR) is 91.5 cm³/mol. The number of rotatable bonds is 3. The van der Waals surface area contributed by atoms with Crippen molar-refractivity contribution >= 4 is 15.9 Å². The molecule has 2 fully saturated rings. The van der Waals surface area contributed by atoms with Gasteiger partial charge in [0.15, 0.2) is 5.76 Å². The molecule has 0 saturated carbocycles. The van der Waals surface area contributed by atoms with Crippen molar-refractivity contribution in [3.63, 3.8) is 0 Å². The van der Waals surface area contributed by atoms with Gasteiger partial charge in [-0.25, -0.2) is 8.42 Å². The zero-order valence-electron chi connectivity index (χ0n) is 15.0. The molecule has 1 N–H and O–H groups in total. The number of nitrogens with one attached hydrogen (secondary N) is 1. The minimum Gasteiger partial charge on any atom is -0.360 e. The molecule has 0 aliphatic carbocycles. The fourth-order valence-electron chi connectivity index (χ4n) is 3.71. The van der Waals surface area contributed by atoms with Gasteiger partial charge in [0.2, 0.25) is 15.9 Å². The molecule has 2 aliphatic rings. The third-order valence-corrected chi connectivity index (χ3v) is 7.19. The number of amides is 1. The van der Waals surface area contributed by atoms with Gasteiger partial charge in [0, 0.05) is 44.7 Å². The van der Waals surface area contributed by atoms with Crippen LogP contribution < -0.4 is 5.32 Å². The molecule has 1 aromatic heterocycles. The van der Waals surface area contributed by atoms with E-state index in [-0.39, 0.29) is 16.7 Å². The fraction of sp³-hybridized carbons (Fsp3) is 0.750. The first kappa shape index (κ1) is 18.3. The molecule has 2 aliphatic heterocycles. The molecular formula is C16H26N4O4S. The second kappa shape index (κ2) is 7.05. The van der Waals surface area contributed by atoms with E-state index in [4.69, 9.17) is 4.52 Å². The molecule has 140 valence electrons. The minimum absolute atomic E-state index is 0.0959. The maximum atomic E-state index is 12.8. The highest BCUT2D eigenvalue weighted by atomic mass is 32.2. The van der Waals surface area contributed by atoms with E-state index in [1.54, 1.807) is 13.8 Å². The van der Waals surface area contributed by atoms with Gasteiger partial charge in [-0.05, 0) is 33.6 Å². The maximum absolute atomic E-state index is 12.8. The van der Waals surface area contributed by atoms with Crippen molar-refractivity contribution < 1.29 is 17.7 Å². The Kier molecular flexibility index (Phi) is 5.17. The third kappa shape index (κ3) is 3.58. The van der Waals surface area contributed by atoms with E-state index in [1.165, 1.54) is 4.31 Å². The Balaban J connectivity index is 1.65. The third-order valence-electron chi connectivity index (χ3n) is 5.05. The largest absolute Gasteiger partial charge is 0.360 e. The lowest BCUT2D eigenvalue weighted by atomic mass is 9.96. The molecule has 1 aromatic rings. The van der Waals surface area contributed by atoms with Crippen LogP contribution in [0.2, 0.25) is 0 Å². The second-order valence-corrected chi connectivity index (χ2v) is 8.85. The second-order valence-electron chi connectivity index (χ2n) is 6.97. The Bertz CT molecular complexity index is 718. The number of hydrogen-bond donors (Lipinski definition) is 1. The Hall–Kier alpha value is -1.45. The summed E-state index contributed by atoms with van der Waals surface area (Å²) in [7, 11) is -3.62. The van der Waals surface area contributed by atoms with Gasteiger partial charge in [-0.15, -0.1) is 0 Å². The lowest BCUT2D eigenvalue weighted by Gasteiger charge is -2.37. The van der Waals surface area contributed by atoms with Gasteiger partial charge in [-0.2, -0.15) is 4.31 Å². The zero-order valence-corrected chi connectivity index (χ0v) is 15.8. The molecule has 9 heteroatoms. The van der Waals surface area contributed by atoms with Crippen molar-refractivity contribution in [1.82, 2.24) is 19.7 Å². The number of carbonyl (C=O) groups excluding carboxylic acids is 1. The van der Waals surface area contributed by atoms with E-state index in [2.05, 4.69) is 17.4 Å². The van der Waals surface area contributed by atoms with Gasteiger partial charge in [0.1, 0.15) is 10.6 Å². The summed E-state index contributed by atoms with van der Waals surface area (Å²) in [6.07, 6.45) is 1.11. The smallest absolute Gasteiger partial charge is 0.248 e. The van der Waals surface area contributed by atoms with Gasteiger partial charge < -0.3 is 14.7 Å². The molecule has 1 unspecified atom stereocenters. The predicted octanol–water partition coefficient (Wildman–Crippen LogP) is 0.512. The number of aryl methyl sites for hydroxylation is 2. The number of carbonyl (C=O) groups is 1. The van der Waals surface area contributed by atoms with Crippen molar-refractivity contribution in [1.29, 1.82) is 0 Å². The minimum atomic E-state index is -3.62. The van der Waals surface area contributed by atoms with E-state index < -0.39 is 10.0 Å². The summed E-state index contributed by atoms with van der Waals surface area (Å²) in [5, 5.41) is 7.07. The van der Waals surface area contributed by atoms with E-state index in [9.17, 15) is 13.2 Å². The van der Waals surface area contributed by atoms with Gasteiger partial charge in [-0.1, -0.05) is 5.16 Å². The lowest BCUT2D eigenvalue weighted by molar-refractivity contribution is -0.137. The van der Waals surface area contributed by atoms with Crippen LogP contribution in [0.3, 0.4) is 0 Å². The topological polar surface area (TPSA) is 95.8 Å². The van der Waals surface area contributed by atoms with Crippen molar-refractivity contribution in [3.8, 4) is 0 Å². The maximum Gasteiger partial charge on any atom is 0.248 e. The summed E-state index contributed by atoms with van der Waals surface area (Å²) in [6, 6.07) is 0.303. The summed E-state index contributed by atoms with van der Waals surface area (Å²) in [4.78, 5) is 14.8. The van der Waals surface area contributed by atoms with Crippen LogP contribution >= 0.6 is 0 Å². The molecule has 1 atom stereocenters. The van der Waals surface area contributed by atoms with E-state index in [1.807, 2.05) is 4.90 Å². The highest BCUT2D eigenvalue weighted by Crippen LogP contribution is 2.28. The summed E-state index contributed by atoms with van der Waals surface area (Å²) in [5.74, 6) is 0.370. The van der Waals surface area contributed by atoms with Crippen molar-refractivity contribution in [2.24, 2.45) is 5.92 Å². The van der Waals surface area contributed by atoms with Gasteiger partial charge >= 0.3 is 0 Å². The molecule has 0 spiro atoms. The van der Waals surface area contributed by atoms with Gasteiger partial charge in [-0.3, -0.25) is 4.79 Å². The van der Waals surface area contributed by atoms with Crippen molar-refractivity contribution in [2.45, 2.75) is 44.6 Å². The van der Waals surface area contributed by atoms with Gasteiger partial charge in [0.25, 0.3) is 0 Å². The number of nitrogens with zero attached hydrogens (tertiary/aromatic N) is 3. The molecule has 1 amide bonds. The number of piperazine rings is 1. The molecule has 8 nitrogen and oxygen atoms in total. The van der Waals surface area contributed by atoms with Crippen LogP contribution in [0.25, 0.3) is 0 Å². The van der Waals surface area contributed by atoms with E-state index in [0.717, 1.165) is 19.6 Å². The Labute approximate surface area is 148 Å². The fourth-order valence-corrected chi connectivity index (χ4v) is 5.47. The van der Waals surface area contributed by atoms with Crippen LogP contribution in [0.5, 0.6) is 0 Å². The van der Waals surface area contributed by atoms with Crippen LogP contribution in [0, 0.1) is 19.8 Å². The first-order chi connectivity index (χ1) is 11.8. The Morgan fingerprint density at radius 2 is 1.92 bits per heavy atom. The summed E-state index contributed by atoms with van der Waals surface area (Å²) >= 11 is 0. The molecule has 0 radical (unpaired) electrons. The van der Waals surface area contributed by atoms with Crippen molar-refractivity contribution in [3.05, 3.63) is 11.5 Å². The summed E-state index contributed by atoms with van der Waals surface area (Å²) < 4.78 is 32.1. The monoisotopic (exact) mass is 370 g/mol.